The Bertz CT molecular complexity index is 83.6. The van der Waals surface area contributed by atoms with Crippen LogP contribution in [0.25, 0.3) is 0 Å². The predicted octanol–water partition coefficient (Wildman–Crippen LogP) is 1.49. The van der Waals surface area contributed by atoms with Crippen LogP contribution >= 0.6 is 0 Å². The van der Waals surface area contributed by atoms with Crippen LogP contribution in [0.4, 0.5) is 0 Å². The van der Waals surface area contributed by atoms with Crippen LogP contribution in [0.15, 0.2) is 0 Å². The van der Waals surface area contributed by atoms with E-state index in [1.165, 1.54) is 12.8 Å². The third kappa shape index (κ3) is 7.82. The van der Waals surface area contributed by atoms with Crippen LogP contribution < -0.4 is 0 Å². The lowest BCUT2D eigenvalue weighted by Crippen LogP contribution is -2.23. The fourth-order valence-corrected chi connectivity index (χ4v) is 0.947. The van der Waals surface area contributed by atoms with Crippen LogP contribution in [0, 0.1) is 0 Å². The molecule has 0 aliphatic heterocycles. The second-order valence-electron chi connectivity index (χ2n) is 3.29. The number of hydrogen-bond donors (Lipinski definition) is 1. The van der Waals surface area contributed by atoms with Gasteiger partial charge in [-0.25, -0.2) is 0 Å². The number of aliphatic hydroxyl groups excluding tert-OH is 1. The summed E-state index contributed by atoms with van der Waals surface area (Å²) in [5.74, 6) is 0. The van der Waals surface area contributed by atoms with Gasteiger partial charge in [0.1, 0.15) is 0 Å². The summed E-state index contributed by atoms with van der Waals surface area (Å²) in [6.07, 6.45) is 3.24. The molecule has 68 valence electrons. The van der Waals surface area contributed by atoms with Crippen LogP contribution in [0.2, 0.25) is 0 Å². The van der Waals surface area contributed by atoms with Crippen LogP contribution in [0.5, 0.6) is 0 Å². The third-order valence-electron chi connectivity index (χ3n) is 1.82. The van der Waals surface area contributed by atoms with Gasteiger partial charge in [-0.05, 0) is 33.4 Å². The molecule has 0 spiro atoms. The molecule has 1 N–H and O–H groups in total. The molecule has 0 radical (unpaired) electrons. The summed E-state index contributed by atoms with van der Waals surface area (Å²) in [6.45, 7) is 6.21. The molecule has 0 fully saturated rings. The monoisotopic (exact) mass is 159 g/mol. The van der Waals surface area contributed by atoms with Crippen molar-refractivity contribution >= 4 is 0 Å². The van der Waals surface area contributed by atoms with E-state index < -0.39 is 0 Å². The SMILES string of the molecule is CCCCN(C)CCC(C)O. The molecule has 0 aliphatic rings. The van der Waals surface area contributed by atoms with Gasteiger partial charge >= 0.3 is 0 Å². The lowest BCUT2D eigenvalue weighted by molar-refractivity contribution is 0.164. The number of rotatable bonds is 6. The second-order valence-corrected chi connectivity index (χ2v) is 3.29. The maximum absolute atomic E-state index is 9.00. The minimum absolute atomic E-state index is 0.154. The summed E-state index contributed by atoms with van der Waals surface area (Å²) in [6, 6.07) is 0. The molecule has 0 aromatic carbocycles. The van der Waals surface area contributed by atoms with Crippen LogP contribution in [0.1, 0.15) is 33.1 Å². The standard InChI is InChI=1S/C9H21NO/c1-4-5-7-10(3)8-6-9(2)11/h9,11H,4-8H2,1-3H3. The van der Waals surface area contributed by atoms with E-state index in [1.807, 2.05) is 6.92 Å². The van der Waals surface area contributed by atoms with Gasteiger partial charge in [-0.1, -0.05) is 13.3 Å². The Morgan fingerprint density at radius 3 is 2.45 bits per heavy atom. The molecule has 0 heterocycles. The largest absolute Gasteiger partial charge is 0.393 e. The molecule has 0 saturated heterocycles. The zero-order chi connectivity index (χ0) is 8.69. The highest BCUT2D eigenvalue weighted by Crippen LogP contribution is 1.95. The highest BCUT2D eigenvalue weighted by molar-refractivity contribution is 4.54. The van der Waals surface area contributed by atoms with Gasteiger partial charge in [0.2, 0.25) is 0 Å². The van der Waals surface area contributed by atoms with Gasteiger partial charge in [0.25, 0.3) is 0 Å². The Morgan fingerprint density at radius 2 is 2.00 bits per heavy atom. The second kappa shape index (κ2) is 6.62. The van der Waals surface area contributed by atoms with E-state index in [-0.39, 0.29) is 6.10 Å². The van der Waals surface area contributed by atoms with Gasteiger partial charge in [-0.3, -0.25) is 0 Å². The predicted molar refractivity (Wildman–Crippen MR) is 48.7 cm³/mol. The first-order valence-electron chi connectivity index (χ1n) is 4.53. The number of unbranched alkanes of at least 4 members (excludes halogenated alkanes) is 1. The maximum Gasteiger partial charge on any atom is 0.0524 e. The highest BCUT2D eigenvalue weighted by atomic mass is 16.3. The molecule has 0 aliphatic carbocycles. The molecule has 2 nitrogen and oxygen atoms in total. The molecule has 0 saturated carbocycles. The van der Waals surface area contributed by atoms with E-state index in [4.69, 9.17) is 5.11 Å². The average molecular weight is 159 g/mol. The van der Waals surface area contributed by atoms with E-state index in [2.05, 4.69) is 18.9 Å². The quantitative estimate of drug-likeness (QED) is 0.634. The van der Waals surface area contributed by atoms with E-state index >= 15 is 0 Å². The first kappa shape index (κ1) is 10.9. The maximum atomic E-state index is 9.00. The van der Waals surface area contributed by atoms with Crippen LogP contribution in [0.3, 0.4) is 0 Å². The summed E-state index contributed by atoms with van der Waals surface area (Å²) < 4.78 is 0. The normalized spacial score (nSPS) is 13.9. The number of aliphatic hydroxyl groups is 1. The minimum Gasteiger partial charge on any atom is -0.393 e. The van der Waals surface area contributed by atoms with Crippen molar-refractivity contribution in [1.29, 1.82) is 0 Å². The fourth-order valence-electron chi connectivity index (χ4n) is 0.947. The average Bonchev–Trinajstić information content (AvgIpc) is 1.97. The van der Waals surface area contributed by atoms with Crippen LogP contribution in [-0.2, 0) is 0 Å². The summed E-state index contributed by atoms with van der Waals surface area (Å²) in [4.78, 5) is 2.27. The number of hydrogen-bond acceptors (Lipinski definition) is 2. The van der Waals surface area contributed by atoms with E-state index in [9.17, 15) is 0 Å². The van der Waals surface area contributed by atoms with Crippen molar-refractivity contribution in [3.05, 3.63) is 0 Å². The Balaban J connectivity index is 3.15. The first-order valence-corrected chi connectivity index (χ1v) is 4.53. The molecule has 0 aromatic heterocycles. The number of nitrogens with zero attached hydrogens (tertiary/aromatic N) is 1. The molecular formula is C9H21NO. The van der Waals surface area contributed by atoms with E-state index in [1.54, 1.807) is 0 Å². The fraction of sp³-hybridized carbons (Fsp3) is 1.00. The van der Waals surface area contributed by atoms with Gasteiger partial charge in [0.15, 0.2) is 0 Å². The molecular weight excluding hydrogens is 138 g/mol. The first-order chi connectivity index (χ1) is 5.16. The van der Waals surface area contributed by atoms with E-state index in [0.717, 1.165) is 19.5 Å². The molecule has 1 atom stereocenters. The molecule has 11 heavy (non-hydrogen) atoms. The van der Waals surface area contributed by atoms with Gasteiger partial charge in [0, 0.05) is 6.54 Å². The molecule has 0 amide bonds. The van der Waals surface area contributed by atoms with Crippen molar-refractivity contribution in [2.45, 2.75) is 39.2 Å². The summed E-state index contributed by atoms with van der Waals surface area (Å²) in [5, 5.41) is 9.00. The lowest BCUT2D eigenvalue weighted by Gasteiger charge is -2.16. The lowest BCUT2D eigenvalue weighted by atomic mass is 10.2. The highest BCUT2D eigenvalue weighted by Gasteiger charge is 1.99. The molecule has 0 aromatic rings. The topological polar surface area (TPSA) is 23.5 Å². The van der Waals surface area contributed by atoms with Gasteiger partial charge in [-0.2, -0.15) is 0 Å². The summed E-state index contributed by atoms with van der Waals surface area (Å²) in [5.41, 5.74) is 0. The van der Waals surface area contributed by atoms with Crippen molar-refractivity contribution in [1.82, 2.24) is 4.90 Å². The Hall–Kier alpha value is -0.0800. The van der Waals surface area contributed by atoms with Crippen molar-refractivity contribution < 1.29 is 5.11 Å². The van der Waals surface area contributed by atoms with Gasteiger partial charge < -0.3 is 10.0 Å². The van der Waals surface area contributed by atoms with Crippen molar-refractivity contribution in [3.8, 4) is 0 Å². The smallest absolute Gasteiger partial charge is 0.0524 e. The van der Waals surface area contributed by atoms with E-state index in [0.29, 0.717) is 0 Å². The Kier molecular flexibility index (Phi) is 6.57. The summed E-state index contributed by atoms with van der Waals surface area (Å²) in [7, 11) is 2.11. The van der Waals surface area contributed by atoms with Crippen molar-refractivity contribution in [3.63, 3.8) is 0 Å². The zero-order valence-electron chi connectivity index (χ0n) is 8.01. The zero-order valence-corrected chi connectivity index (χ0v) is 8.01. The molecule has 1 unspecified atom stereocenters. The third-order valence-corrected chi connectivity index (χ3v) is 1.82. The van der Waals surface area contributed by atoms with Gasteiger partial charge in [-0.15, -0.1) is 0 Å². The molecule has 2 heteroatoms. The van der Waals surface area contributed by atoms with Crippen molar-refractivity contribution in [2.24, 2.45) is 0 Å². The molecule has 0 rings (SSSR count). The summed E-state index contributed by atoms with van der Waals surface area (Å²) >= 11 is 0. The van der Waals surface area contributed by atoms with Crippen LogP contribution in [-0.4, -0.2) is 36.2 Å². The van der Waals surface area contributed by atoms with Crippen molar-refractivity contribution in [2.75, 3.05) is 20.1 Å². The minimum atomic E-state index is -0.154. The Labute approximate surface area is 70.2 Å². The Morgan fingerprint density at radius 1 is 1.36 bits per heavy atom. The molecule has 0 bridgehead atoms. The van der Waals surface area contributed by atoms with Gasteiger partial charge in [0.05, 0.1) is 6.10 Å².